The maximum atomic E-state index is 11.9. The molecule has 8 nitrogen and oxygen atoms in total. The van der Waals surface area contributed by atoms with Crippen molar-refractivity contribution in [3.05, 3.63) is 11.5 Å². The van der Waals surface area contributed by atoms with Gasteiger partial charge in [0.05, 0.1) is 5.70 Å². The van der Waals surface area contributed by atoms with E-state index in [2.05, 4.69) is 0 Å². The van der Waals surface area contributed by atoms with E-state index in [1.54, 1.807) is 6.92 Å². The second-order valence-corrected chi connectivity index (χ2v) is 4.46. The molecule has 8 heteroatoms. The monoisotopic (exact) mass is 254 g/mol. The third-order valence-corrected chi connectivity index (χ3v) is 3.58. The predicted molar refractivity (Wildman–Crippen MR) is 54.1 cm³/mol. The van der Waals surface area contributed by atoms with Crippen molar-refractivity contribution >= 4 is 18.0 Å². The molecule has 0 spiro atoms. The highest BCUT2D eigenvalue weighted by Crippen LogP contribution is 2.47. The van der Waals surface area contributed by atoms with Crippen molar-refractivity contribution in [2.45, 2.75) is 19.0 Å². The van der Waals surface area contributed by atoms with Crippen molar-refractivity contribution in [1.29, 1.82) is 0 Å². The number of carbonyl (C=O) groups is 3. The van der Waals surface area contributed by atoms with Crippen molar-refractivity contribution in [3.8, 4) is 0 Å². The Kier molecular flexibility index (Phi) is 1.90. The molecule has 3 aliphatic rings. The molecule has 3 aliphatic heterocycles. The summed E-state index contributed by atoms with van der Waals surface area (Å²) in [7, 11) is 0. The minimum absolute atomic E-state index is 0.241. The summed E-state index contributed by atoms with van der Waals surface area (Å²) < 4.78 is 5.29. The Balaban J connectivity index is 2.02. The molecule has 3 rings (SSSR count). The van der Waals surface area contributed by atoms with Gasteiger partial charge in [0.15, 0.2) is 12.8 Å². The lowest BCUT2D eigenvalue weighted by Crippen LogP contribution is -2.66. The summed E-state index contributed by atoms with van der Waals surface area (Å²) in [5, 5.41) is 18.1. The van der Waals surface area contributed by atoms with E-state index in [1.807, 2.05) is 0 Å². The van der Waals surface area contributed by atoms with E-state index in [4.69, 9.17) is 14.9 Å². The molecular weight excluding hydrogens is 244 g/mol. The van der Waals surface area contributed by atoms with E-state index in [0.29, 0.717) is 11.5 Å². The summed E-state index contributed by atoms with van der Waals surface area (Å²) in [5.74, 6) is -1.65. The molecule has 0 bridgehead atoms. The van der Waals surface area contributed by atoms with Gasteiger partial charge >= 0.3 is 12.1 Å². The van der Waals surface area contributed by atoms with E-state index in [0.717, 1.165) is 9.80 Å². The van der Waals surface area contributed by atoms with Crippen LogP contribution in [0.3, 0.4) is 0 Å². The van der Waals surface area contributed by atoms with E-state index in [-0.39, 0.29) is 6.73 Å². The lowest BCUT2D eigenvalue weighted by molar-refractivity contribution is -0.157. The van der Waals surface area contributed by atoms with Gasteiger partial charge in [0, 0.05) is 5.92 Å². The summed E-state index contributed by atoms with van der Waals surface area (Å²) in [6, 6.07) is -1.90. The molecule has 0 aromatic carbocycles. The average Bonchev–Trinajstić information content (AvgIpc) is 2.60. The first-order valence-electron chi connectivity index (χ1n) is 5.37. The number of ether oxygens (including phenoxy) is 1. The zero-order valence-electron chi connectivity index (χ0n) is 9.36. The number of carboxylic acids is 1. The van der Waals surface area contributed by atoms with Crippen molar-refractivity contribution < 1.29 is 29.3 Å². The van der Waals surface area contributed by atoms with Crippen LogP contribution in [0.1, 0.15) is 6.92 Å². The van der Waals surface area contributed by atoms with Gasteiger partial charge in [-0.15, -0.1) is 0 Å². The highest BCUT2D eigenvalue weighted by atomic mass is 16.5. The van der Waals surface area contributed by atoms with Crippen molar-refractivity contribution in [3.63, 3.8) is 0 Å². The summed E-state index contributed by atoms with van der Waals surface area (Å²) in [4.78, 5) is 36.0. The smallest absolute Gasteiger partial charge is 0.411 e. The summed E-state index contributed by atoms with van der Waals surface area (Å²) >= 11 is 0. The maximum absolute atomic E-state index is 11.9. The van der Waals surface area contributed by atoms with Crippen molar-refractivity contribution in [1.82, 2.24) is 9.80 Å². The molecule has 3 atom stereocenters. The highest BCUT2D eigenvalue weighted by Gasteiger charge is 2.62. The second kappa shape index (κ2) is 3.15. The molecule has 0 radical (unpaired) electrons. The van der Waals surface area contributed by atoms with Crippen LogP contribution in [0.2, 0.25) is 0 Å². The summed E-state index contributed by atoms with van der Waals surface area (Å²) in [6.45, 7) is 1.41. The number of hydrogen-bond acceptors (Lipinski definition) is 4. The fourth-order valence-electron chi connectivity index (χ4n) is 2.76. The van der Waals surface area contributed by atoms with Crippen LogP contribution in [0, 0.1) is 5.92 Å². The van der Waals surface area contributed by atoms with E-state index in [9.17, 15) is 14.4 Å². The SMILES string of the molecule is CC1C2=C3[C@@H](C(=O)N3C1C(=O)O)N(C(=O)O)CO2. The van der Waals surface area contributed by atoms with Gasteiger partial charge in [0.1, 0.15) is 11.8 Å². The normalized spacial score (nSPS) is 32.9. The average molecular weight is 254 g/mol. The predicted octanol–water partition coefficient (Wildman–Crippen LogP) is -0.521. The fraction of sp³-hybridized carbons (Fsp3) is 0.500. The molecule has 0 aliphatic carbocycles. The van der Waals surface area contributed by atoms with Gasteiger partial charge in [-0.05, 0) is 0 Å². The largest absolute Gasteiger partial charge is 0.480 e. The quantitative estimate of drug-likeness (QED) is 0.609. The van der Waals surface area contributed by atoms with Crippen LogP contribution in [0.15, 0.2) is 11.5 Å². The number of carbonyl (C=O) groups excluding carboxylic acids is 1. The number of carboxylic acid groups (broad SMARTS) is 2. The van der Waals surface area contributed by atoms with Gasteiger partial charge in [-0.3, -0.25) is 14.6 Å². The summed E-state index contributed by atoms with van der Waals surface area (Å²) in [5.41, 5.74) is 0.383. The Bertz CT molecular complexity index is 512. The Morgan fingerprint density at radius 1 is 1.39 bits per heavy atom. The Morgan fingerprint density at radius 2 is 2.06 bits per heavy atom. The van der Waals surface area contributed by atoms with Crippen LogP contribution >= 0.6 is 0 Å². The molecule has 2 unspecified atom stereocenters. The topological polar surface area (TPSA) is 107 Å². The van der Waals surface area contributed by atoms with Crippen LogP contribution in [0.4, 0.5) is 4.79 Å². The molecular formula is C10H10N2O6. The third kappa shape index (κ3) is 1.02. The molecule has 0 aromatic rings. The van der Waals surface area contributed by atoms with Crippen LogP contribution in [0.25, 0.3) is 0 Å². The molecule has 2 amide bonds. The number of hydrogen-bond donors (Lipinski definition) is 2. The first-order valence-corrected chi connectivity index (χ1v) is 5.37. The molecule has 3 heterocycles. The minimum atomic E-state index is -1.26. The van der Waals surface area contributed by atoms with Crippen LogP contribution in [-0.2, 0) is 14.3 Å². The molecule has 2 N–H and O–H groups in total. The van der Waals surface area contributed by atoms with Gasteiger partial charge in [0.2, 0.25) is 0 Å². The maximum Gasteiger partial charge on any atom is 0.411 e. The van der Waals surface area contributed by atoms with Gasteiger partial charge in [-0.2, -0.15) is 0 Å². The van der Waals surface area contributed by atoms with E-state index < -0.39 is 36.0 Å². The van der Waals surface area contributed by atoms with E-state index >= 15 is 0 Å². The number of amides is 2. The Hall–Kier alpha value is -2.25. The first-order chi connectivity index (χ1) is 8.45. The van der Waals surface area contributed by atoms with Crippen LogP contribution in [0.5, 0.6) is 0 Å². The van der Waals surface area contributed by atoms with Gasteiger partial charge < -0.3 is 14.9 Å². The lowest BCUT2D eigenvalue weighted by atomic mass is 10.0. The molecule has 1 saturated heterocycles. The van der Waals surface area contributed by atoms with E-state index in [1.165, 1.54) is 0 Å². The number of aliphatic carboxylic acids is 1. The third-order valence-electron chi connectivity index (χ3n) is 3.58. The lowest BCUT2D eigenvalue weighted by Gasteiger charge is -2.45. The second-order valence-electron chi connectivity index (χ2n) is 4.46. The molecule has 1 fully saturated rings. The first kappa shape index (κ1) is 10.9. The van der Waals surface area contributed by atoms with Crippen LogP contribution < -0.4 is 0 Å². The Labute approximate surface area is 101 Å². The molecule has 0 aromatic heterocycles. The van der Waals surface area contributed by atoms with Gasteiger partial charge in [0.25, 0.3) is 5.91 Å². The van der Waals surface area contributed by atoms with Crippen LogP contribution in [-0.4, -0.2) is 56.8 Å². The van der Waals surface area contributed by atoms with Crippen molar-refractivity contribution in [2.24, 2.45) is 5.92 Å². The molecule has 96 valence electrons. The minimum Gasteiger partial charge on any atom is -0.480 e. The number of rotatable bonds is 1. The molecule has 18 heavy (non-hydrogen) atoms. The Morgan fingerprint density at radius 3 is 2.61 bits per heavy atom. The zero-order chi connectivity index (χ0) is 13.2. The van der Waals surface area contributed by atoms with Crippen molar-refractivity contribution in [2.75, 3.05) is 6.73 Å². The van der Waals surface area contributed by atoms with Gasteiger partial charge in [-0.1, -0.05) is 6.92 Å². The standard InChI is InChI=1S/C10H10N2O6/c1-3-4(9(14)15)12-5-6(8(12)13)11(10(16)17)2-18-7(3)5/h3-4,6H,2H2,1H3,(H,14,15)(H,16,17)/t3?,4?,6-/m0/s1. The number of nitrogens with zero attached hydrogens (tertiary/aromatic N) is 2. The molecule has 0 saturated carbocycles. The zero-order valence-corrected chi connectivity index (χ0v) is 9.36. The number of β-lactam (4-membered cyclic amide) rings is 1. The fourth-order valence-corrected chi connectivity index (χ4v) is 2.76. The van der Waals surface area contributed by atoms with Gasteiger partial charge in [-0.25, -0.2) is 9.59 Å². The summed E-state index contributed by atoms with van der Waals surface area (Å²) in [6.07, 6.45) is -1.26. The highest BCUT2D eigenvalue weighted by molar-refractivity contribution is 6.01.